The molecule has 5 nitrogen and oxygen atoms in total. The number of aliphatic hydroxyl groups excluding tert-OH is 1. The van der Waals surface area contributed by atoms with Crippen LogP contribution in [0.2, 0.25) is 0 Å². The molecule has 1 saturated heterocycles. The van der Waals surface area contributed by atoms with Crippen molar-refractivity contribution in [3.63, 3.8) is 0 Å². The lowest BCUT2D eigenvalue weighted by molar-refractivity contribution is 0.177. The second-order valence-electron chi connectivity index (χ2n) is 8.06. The first-order chi connectivity index (χ1) is 14.8. The van der Waals surface area contributed by atoms with E-state index in [4.69, 9.17) is 0 Å². The lowest BCUT2D eigenvalue weighted by Gasteiger charge is -2.24. The molecule has 1 heterocycles. The highest BCUT2D eigenvalue weighted by Gasteiger charge is 2.15. The number of nitrogens with one attached hydrogen (secondary N) is 1. The van der Waals surface area contributed by atoms with Crippen molar-refractivity contribution in [1.82, 2.24) is 15.1 Å². The Hall–Kier alpha value is -2.37. The van der Waals surface area contributed by atoms with Gasteiger partial charge in [0.15, 0.2) is 0 Å². The largest absolute Gasteiger partial charge is 0.395 e. The third-order valence-corrected chi connectivity index (χ3v) is 5.81. The lowest BCUT2D eigenvalue weighted by atomic mass is 10.1. The minimum absolute atomic E-state index is 0.0340. The van der Waals surface area contributed by atoms with Gasteiger partial charge in [-0.05, 0) is 49.0 Å². The molecule has 0 bridgehead atoms. The molecule has 2 aromatic rings. The summed E-state index contributed by atoms with van der Waals surface area (Å²) in [6, 6.07) is 18.4. The molecule has 3 rings (SSSR count). The van der Waals surface area contributed by atoms with E-state index in [0.717, 1.165) is 26.1 Å². The SMILES string of the molecule is O=C(NCc1ccccc1CN1CCCCCC1)N(CCO)CCc1ccccc1. The van der Waals surface area contributed by atoms with Gasteiger partial charge in [-0.15, -0.1) is 0 Å². The monoisotopic (exact) mass is 409 g/mol. The Balaban J connectivity index is 1.55. The van der Waals surface area contributed by atoms with Crippen LogP contribution in [-0.2, 0) is 19.5 Å². The number of carbonyl (C=O) groups excluding carboxylic acids is 1. The third-order valence-electron chi connectivity index (χ3n) is 5.81. The van der Waals surface area contributed by atoms with Crippen LogP contribution in [0.1, 0.15) is 42.4 Å². The quantitative estimate of drug-likeness (QED) is 0.662. The molecule has 1 aliphatic heterocycles. The van der Waals surface area contributed by atoms with Gasteiger partial charge in [-0.25, -0.2) is 4.79 Å². The van der Waals surface area contributed by atoms with E-state index in [0.29, 0.717) is 19.6 Å². The first-order valence-corrected chi connectivity index (χ1v) is 11.2. The van der Waals surface area contributed by atoms with Crippen molar-refractivity contribution < 1.29 is 9.90 Å². The molecule has 0 aliphatic carbocycles. The molecule has 0 atom stereocenters. The van der Waals surface area contributed by atoms with Crippen molar-refractivity contribution in [1.29, 1.82) is 0 Å². The third kappa shape index (κ3) is 7.15. The van der Waals surface area contributed by atoms with Crippen molar-refractivity contribution in [3.05, 3.63) is 71.3 Å². The van der Waals surface area contributed by atoms with E-state index < -0.39 is 0 Å². The maximum absolute atomic E-state index is 12.8. The molecule has 2 amide bonds. The maximum Gasteiger partial charge on any atom is 0.317 e. The predicted octanol–water partition coefficient (Wildman–Crippen LogP) is 3.81. The fourth-order valence-electron chi connectivity index (χ4n) is 4.05. The van der Waals surface area contributed by atoms with Crippen LogP contribution in [-0.4, -0.2) is 53.7 Å². The van der Waals surface area contributed by atoms with E-state index >= 15 is 0 Å². The van der Waals surface area contributed by atoms with E-state index in [9.17, 15) is 9.90 Å². The smallest absolute Gasteiger partial charge is 0.317 e. The molecule has 162 valence electrons. The minimum Gasteiger partial charge on any atom is -0.395 e. The van der Waals surface area contributed by atoms with Crippen LogP contribution in [0.4, 0.5) is 4.79 Å². The van der Waals surface area contributed by atoms with Gasteiger partial charge in [-0.3, -0.25) is 4.90 Å². The minimum atomic E-state index is -0.121. The number of carbonyl (C=O) groups is 1. The Morgan fingerprint density at radius 2 is 1.57 bits per heavy atom. The summed E-state index contributed by atoms with van der Waals surface area (Å²) < 4.78 is 0. The number of nitrogens with zero attached hydrogens (tertiary/aromatic N) is 2. The number of hydrogen-bond acceptors (Lipinski definition) is 3. The maximum atomic E-state index is 12.8. The Labute approximate surface area is 180 Å². The van der Waals surface area contributed by atoms with Gasteiger partial charge in [0.2, 0.25) is 0 Å². The predicted molar refractivity (Wildman–Crippen MR) is 121 cm³/mol. The summed E-state index contributed by atoms with van der Waals surface area (Å²) in [5.74, 6) is 0. The summed E-state index contributed by atoms with van der Waals surface area (Å²) in [5, 5.41) is 12.5. The number of benzene rings is 2. The first kappa shape index (κ1) is 22.3. The number of likely N-dealkylation sites (tertiary alicyclic amines) is 1. The molecule has 30 heavy (non-hydrogen) atoms. The number of amides is 2. The van der Waals surface area contributed by atoms with E-state index in [1.165, 1.54) is 42.4 Å². The van der Waals surface area contributed by atoms with Crippen LogP contribution in [0, 0.1) is 0 Å². The molecule has 1 aliphatic rings. The molecule has 0 spiro atoms. The van der Waals surface area contributed by atoms with Gasteiger partial charge < -0.3 is 15.3 Å². The number of rotatable bonds is 9. The molecule has 2 aromatic carbocycles. The summed E-state index contributed by atoms with van der Waals surface area (Å²) in [5.41, 5.74) is 3.65. The fraction of sp³-hybridized carbons (Fsp3) is 0.480. The highest BCUT2D eigenvalue weighted by molar-refractivity contribution is 5.74. The lowest BCUT2D eigenvalue weighted by Crippen LogP contribution is -2.42. The van der Waals surface area contributed by atoms with Gasteiger partial charge in [0.05, 0.1) is 6.61 Å². The molecule has 5 heteroatoms. The summed E-state index contributed by atoms with van der Waals surface area (Å²) in [4.78, 5) is 17.0. The van der Waals surface area contributed by atoms with Gasteiger partial charge in [-0.2, -0.15) is 0 Å². The van der Waals surface area contributed by atoms with Crippen LogP contribution in [0.15, 0.2) is 54.6 Å². The van der Waals surface area contributed by atoms with E-state index in [-0.39, 0.29) is 12.6 Å². The highest BCUT2D eigenvalue weighted by Crippen LogP contribution is 2.16. The zero-order valence-electron chi connectivity index (χ0n) is 17.9. The number of aliphatic hydroxyl groups is 1. The zero-order valence-corrected chi connectivity index (χ0v) is 17.9. The van der Waals surface area contributed by atoms with Crippen molar-refractivity contribution >= 4 is 6.03 Å². The topological polar surface area (TPSA) is 55.8 Å². The average molecular weight is 410 g/mol. The average Bonchev–Trinajstić information content (AvgIpc) is 3.05. The fourth-order valence-corrected chi connectivity index (χ4v) is 4.05. The molecule has 0 aromatic heterocycles. The molecular weight excluding hydrogens is 374 g/mol. The normalized spacial score (nSPS) is 14.8. The standard InChI is InChI=1S/C25H35N3O2/c29-19-18-28(17-14-22-10-4-3-5-11-22)25(30)26-20-23-12-6-7-13-24(23)21-27-15-8-1-2-9-16-27/h3-7,10-13,29H,1-2,8-9,14-21H2,(H,26,30). The van der Waals surface area contributed by atoms with Crippen LogP contribution in [0.3, 0.4) is 0 Å². The molecule has 0 saturated carbocycles. The van der Waals surface area contributed by atoms with Gasteiger partial charge in [0, 0.05) is 26.2 Å². The number of hydrogen-bond donors (Lipinski definition) is 2. The van der Waals surface area contributed by atoms with Crippen molar-refractivity contribution in [2.75, 3.05) is 32.8 Å². The summed E-state index contributed by atoms with van der Waals surface area (Å²) in [7, 11) is 0. The summed E-state index contributed by atoms with van der Waals surface area (Å²) in [6.07, 6.45) is 5.99. The van der Waals surface area contributed by atoms with E-state index in [1.807, 2.05) is 24.3 Å². The van der Waals surface area contributed by atoms with Crippen LogP contribution < -0.4 is 5.32 Å². The van der Waals surface area contributed by atoms with Gasteiger partial charge in [0.25, 0.3) is 0 Å². The zero-order chi connectivity index (χ0) is 21.0. The molecule has 2 N–H and O–H groups in total. The number of urea groups is 1. The second kappa shape index (κ2) is 12.4. The van der Waals surface area contributed by atoms with Crippen molar-refractivity contribution in [2.45, 2.75) is 45.2 Å². The van der Waals surface area contributed by atoms with Crippen LogP contribution in [0.25, 0.3) is 0 Å². The first-order valence-electron chi connectivity index (χ1n) is 11.2. The van der Waals surface area contributed by atoms with Crippen LogP contribution in [0.5, 0.6) is 0 Å². The Morgan fingerprint density at radius 1 is 0.900 bits per heavy atom. The van der Waals surface area contributed by atoms with E-state index in [1.54, 1.807) is 4.90 Å². The highest BCUT2D eigenvalue weighted by atomic mass is 16.3. The molecule has 0 radical (unpaired) electrons. The Kier molecular flexibility index (Phi) is 9.19. The van der Waals surface area contributed by atoms with Crippen molar-refractivity contribution in [3.8, 4) is 0 Å². The van der Waals surface area contributed by atoms with Gasteiger partial charge in [-0.1, -0.05) is 67.4 Å². The summed E-state index contributed by atoms with van der Waals surface area (Å²) in [6.45, 7) is 4.67. The molecular formula is C25H35N3O2. The Bertz CT molecular complexity index is 758. The Morgan fingerprint density at radius 3 is 2.27 bits per heavy atom. The summed E-state index contributed by atoms with van der Waals surface area (Å²) >= 11 is 0. The molecule has 0 unspecified atom stereocenters. The van der Waals surface area contributed by atoms with Crippen molar-refractivity contribution in [2.24, 2.45) is 0 Å². The van der Waals surface area contributed by atoms with Gasteiger partial charge in [0.1, 0.15) is 0 Å². The van der Waals surface area contributed by atoms with Crippen LogP contribution >= 0.6 is 0 Å². The molecule has 1 fully saturated rings. The van der Waals surface area contributed by atoms with Gasteiger partial charge >= 0.3 is 6.03 Å². The second-order valence-corrected chi connectivity index (χ2v) is 8.06. The van der Waals surface area contributed by atoms with E-state index in [2.05, 4.69) is 40.5 Å².